The number of hydrogen-bond acceptors (Lipinski definition) is 2. The van der Waals surface area contributed by atoms with Gasteiger partial charge in [0.1, 0.15) is 0 Å². The van der Waals surface area contributed by atoms with Gasteiger partial charge in [-0.15, -0.1) is 11.3 Å². The molecule has 57 heavy (non-hydrogen) atoms. The van der Waals surface area contributed by atoms with Gasteiger partial charge < -0.3 is 9.47 Å². The van der Waals surface area contributed by atoms with Crippen LogP contribution >= 0.6 is 11.3 Å². The maximum atomic E-state index is 2.48. The molecular weight excluding hydrogens is 709 g/mol. The normalized spacial score (nSPS) is 11.5. The van der Waals surface area contributed by atoms with Crippen LogP contribution in [0.4, 0.5) is 17.1 Å². The third-order valence-electron chi connectivity index (χ3n) is 11.2. The van der Waals surface area contributed by atoms with Crippen LogP contribution in [0.2, 0.25) is 0 Å². The topological polar surface area (TPSA) is 8.17 Å². The number of fused-ring (bicyclic) bond motifs is 6. The van der Waals surface area contributed by atoms with E-state index < -0.39 is 0 Å². The Balaban J connectivity index is 1.21. The van der Waals surface area contributed by atoms with Crippen molar-refractivity contribution in [2.24, 2.45) is 0 Å². The van der Waals surface area contributed by atoms with Gasteiger partial charge in [0.15, 0.2) is 0 Å². The molecule has 9 aromatic carbocycles. The third-order valence-corrected chi connectivity index (χ3v) is 12.4. The number of nitrogens with zero attached hydrogens (tertiary/aromatic N) is 2. The number of aromatic nitrogens is 1. The zero-order chi connectivity index (χ0) is 37.7. The van der Waals surface area contributed by atoms with E-state index in [2.05, 4.69) is 228 Å². The SMILES string of the molecule is c1ccc(-c2cccc(N(c3ccccc3)c3cccc4c3c3ccccc3n4-c3ccccc3-c3cccc4c3sc3ccccc34)c2-c2ccccc2)cc1. The molecular formula is C54H36N2S. The van der Waals surface area contributed by atoms with Crippen LogP contribution in [0, 0.1) is 0 Å². The van der Waals surface area contributed by atoms with Gasteiger partial charge in [-0.05, 0) is 65.2 Å². The van der Waals surface area contributed by atoms with Crippen molar-refractivity contribution in [2.75, 3.05) is 4.90 Å². The molecule has 2 heterocycles. The Bertz CT molecular complexity index is 3230. The fourth-order valence-electron chi connectivity index (χ4n) is 8.78. The maximum Gasteiger partial charge on any atom is 0.0562 e. The van der Waals surface area contributed by atoms with Crippen molar-refractivity contribution < 1.29 is 0 Å². The molecule has 0 aliphatic rings. The highest BCUT2D eigenvalue weighted by atomic mass is 32.1. The molecule has 0 N–H and O–H groups in total. The molecule has 0 unspecified atom stereocenters. The Hall–Kier alpha value is -7.20. The summed E-state index contributed by atoms with van der Waals surface area (Å²) in [4.78, 5) is 2.47. The van der Waals surface area contributed by atoms with Crippen molar-refractivity contribution in [3.8, 4) is 39.1 Å². The molecule has 268 valence electrons. The quantitative estimate of drug-likeness (QED) is 0.158. The molecule has 0 amide bonds. The lowest BCUT2D eigenvalue weighted by Crippen LogP contribution is -2.12. The van der Waals surface area contributed by atoms with Gasteiger partial charge >= 0.3 is 0 Å². The summed E-state index contributed by atoms with van der Waals surface area (Å²) in [5.74, 6) is 0. The molecule has 2 nitrogen and oxygen atoms in total. The van der Waals surface area contributed by atoms with Crippen LogP contribution < -0.4 is 4.90 Å². The monoisotopic (exact) mass is 744 g/mol. The number of rotatable bonds is 7. The maximum absolute atomic E-state index is 2.48. The van der Waals surface area contributed by atoms with Crippen LogP contribution in [-0.2, 0) is 0 Å². The first-order valence-electron chi connectivity index (χ1n) is 19.4. The molecule has 0 spiro atoms. The van der Waals surface area contributed by atoms with E-state index in [1.807, 2.05) is 11.3 Å². The van der Waals surface area contributed by atoms with Crippen LogP contribution in [0.5, 0.6) is 0 Å². The molecule has 11 aromatic rings. The van der Waals surface area contributed by atoms with Crippen molar-refractivity contribution in [2.45, 2.75) is 0 Å². The van der Waals surface area contributed by atoms with Crippen molar-refractivity contribution in [3.05, 3.63) is 218 Å². The van der Waals surface area contributed by atoms with Gasteiger partial charge in [-0.25, -0.2) is 0 Å². The van der Waals surface area contributed by atoms with E-state index in [9.17, 15) is 0 Å². The highest BCUT2D eigenvalue weighted by Gasteiger charge is 2.25. The molecule has 0 bridgehead atoms. The molecule has 0 aliphatic carbocycles. The highest BCUT2D eigenvalue weighted by Crippen LogP contribution is 2.50. The summed E-state index contributed by atoms with van der Waals surface area (Å²) in [7, 11) is 0. The molecule has 11 rings (SSSR count). The van der Waals surface area contributed by atoms with Gasteiger partial charge in [-0.3, -0.25) is 0 Å². The smallest absolute Gasteiger partial charge is 0.0562 e. The van der Waals surface area contributed by atoms with Crippen molar-refractivity contribution in [3.63, 3.8) is 0 Å². The molecule has 0 atom stereocenters. The van der Waals surface area contributed by atoms with Crippen LogP contribution in [-0.4, -0.2) is 4.57 Å². The van der Waals surface area contributed by atoms with Crippen LogP contribution in [0.15, 0.2) is 218 Å². The summed E-state index contributed by atoms with van der Waals surface area (Å²) in [5.41, 5.74) is 14.0. The minimum atomic E-state index is 1.10. The molecule has 0 radical (unpaired) electrons. The van der Waals surface area contributed by atoms with E-state index in [0.29, 0.717) is 0 Å². The Labute approximate surface area is 335 Å². The number of thiophene rings is 1. The fourth-order valence-corrected chi connectivity index (χ4v) is 10.0. The largest absolute Gasteiger partial charge is 0.309 e. The summed E-state index contributed by atoms with van der Waals surface area (Å²) in [6.07, 6.45) is 0. The number of para-hydroxylation sites is 3. The lowest BCUT2D eigenvalue weighted by molar-refractivity contribution is 1.18. The number of hydrogen-bond donors (Lipinski definition) is 0. The zero-order valence-corrected chi connectivity index (χ0v) is 31.9. The van der Waals surface area contributed by atoms with E-state index in [0.717, 1.165) is 28.3 Å². The number of anilines is 3. The molecule has 0 fully saturated rings. The van der Waals surface area contributed by atoms with Gasteiger partial charge in [-0.1, -0.05) is 170 Å². The van der Waals surface area contributed by atoms with Crippen molar-refractivity contribution in [1.82, 2.24) is 4.57 Å². The second kappa shape index (κ2) is 13.8. The van der Waals surface area contributed by atoms with Gasteiger partial charge in [0.05, 0.1) is 28.1 Å². The van der Waals surface area contributed by atoms with E-state index in [4.69, 9.17) is 0 Å². The average Bonchev–Trinajstić information content (AvgIpc) is 3.84. The van der Waals surface area contributed by atoms with Crippen molar-refractivity contribution in [1.29, 1.82) is 0 Å². The molecule has 2 aromatic heterocycles. The van der Waals surface area contributed by atoms with Gasteiger partial charge in [0.25, 0.3) is 0 Å². The van der Waals surface area contributed by atoms with Gasteiger partial charge in [-0.2, -0.15) is 0 Å². The van der Waals surface area contributed by atoms with E-state index in [1.54, 1.807) is 0 Å². The van der Waals surface area contributed by atoms with E-state index in [1.165, 1.54) is 69.8 Å². The first-order valence-corrected chi connectivity index (χ1v) is 20.3. The second-order valence-electron chi connectivity index (χ2n) is 14.4. The molecule has 0 saturated carbocycles. The summed E-state index contributed by atoms with van der Waals surface area (Å²) in [6, 6.07) is 79.3. The van der Waals surface area contributed by atoms with Crippen molar-refractivity contribution >= 4 is 70.4 Å². The average molecular weight is 745 g/mol. The highest BCUT2D eigenvalue weighted by molar-refractivity contribution is 7.26. The standard InChI is InChI=1S/C54H36N2S/c1-4-19-37(20-5-1)40-28-17-33-48(52(40)38-21-6-2-7-22-38)55(39-23-8-3-9-24-39)49-34-18-35-50-53(49)45-27-11-14-32-47(45)56(50)46-31-13-10-25-41(46)43-29-16-30-44-42-26-12-15-36-51(42)57-54(43)44/h1-36H. The van der Waals surface area contributed by atoms with Crippen LogP contribution in [0.3, 0.4) is 0 Å². The zero-order valence-electron chi connectivity index (χ0n) is 31.1. The van der Waals surface area contributed by atoms with E-state index in [-0.39, 0.29) is 0 Å². The first-order chi connectivity index (χ1) is 28.3. The molecule has 3 heteroatoms. The third kappa shape index (κ3) is 5.47. The minimum Gasteiger partial charge on any atom is -0.309 e. The van der Waals surface area contributed by atoms with E-state index >= 15 is 0 Å². The number of benzene rings is 9. The predicted molar refractivity (Wildman–Crippen MR) is 245 cm³/mol. The first kappa shape index (κ1) is 33.2. The second-order valence-corrected chi connectivity index (χ2v) is 15.5. The lowest BCUT2D eigenvalue weighted by Gasteiger charge is -2.30. The Morgan fingerprint density at radius 1 is 0.368 bits per heavy atom. The van der Waals surface area contributed by atoms with Gasteiger partial charge in [0, 0.05) is 53.3 Å². The summed E-state index contributed by atoms with van der Waals surface area (Å²) < 4.78 is 5.11. The predicted octanol–water partition coefficient (Wildman–Crippen LogP) is 15.6. The summed E-state index contributed by atoms with van der Waals surface area (Å²) in [5, 5.41) is 5.03. The molecule has 0 aliphatic heterocycles. The minimum absolute atomic E-state index is 1.10. The van der Waals surface area contributed by atoms with Crippen LogP contribution in [0.1, 0.15) is 0 Å². The lowest BCUT2D eigenvalue weighted by atomic mass is 9.92. The summed E-state index contributed by atoms with van der Waals surface area (Å²) >= 11 is 1.88. The van der Waals surface area contributed by atoms with Gasteiger partial charge in [0.2, 0.25) is 0 Å². The Morgan fingerprint density at radius 3 is 1.75 bits per heavy atom. The summed E-state index contributed by atoms with van der Waals surface area (Å²) in [6.45, 7) is 0. The van der Waals surface area contributed by atoms with Crippen LogP contribution in [0.25, 0.3) is 81.0 Å². The Morgan fingerprint density at radius 2 is 0.930 bits per heavy atom. The fraction of sp³-hybridized carbons (Fsp3) is 0. The molecule has 0 saturated heterocycles. The Kier molecular flexibility index (Phi) is 8.04.